The van der Waals surface area contributed by atoms with E-state index in [2.05, 4.69) is 12.2 Å². The third-order valence-corrected chi connectivity index (χ3v) is 3.95. The van der Waals surface area contributed by atoms with E-state index in [0.717, 1.165) is 32.4 Å². The van der Waals surface area contributed by atoms with Gasteiger partial charge in [0.05, 0.1) is 5.92 Å². The number of primary amides is 1. The van der Waals surface area contributed by atoms with E-state index in [1.165, 1.54) is 0 Å². The maximum Gasteiger partial charge on any atom is 0.240 e. The highest BCUT2D eigenvalue weighted by Gasteiger charge is 2.38. The van der Waals surface area contributed by atoms with Crippen molar-refractivity contribution < 1.29 is 9.59 Å². The molecule has 0 radical (unpaired) electrons. The first-order valence-electron chi connectivity index (χ1n) is 6.41. The van der Waals surface area contributed by atoms with E-state index < -0.39 is 0 Å². The molecule has 0 aromatic heterocycles. The summed E-state index contributed by atoms with van der Waals surface area (Å²) in [5, 5.41) is 3.22. The van der Waals surface area contributed by atoms with Gasteiger partial charge in [-0.3, -0.25) is 9.59 Å². The van der Waals surface area contributed by atoms with Crippen LogP contribution in [0.25, 0.3) is 0 Å². The smallest absolute Gasteiger partial charge is 0.240 e. The van der Waals surface area contributed by atoms with E-state index in [-0.39, 0.29) is 23.8 Å². The molecule has 0 aromatic rings. The van der Waals surface area contributed by atoms with Crippen LogP contribution in [0.1, 0.15) is 26.2 Å². The maximum atomic E-state index is 12.4. The van der Waals surface area contributed by atoms with Crippen LogP contribution < -0.4 is 11.1 Å². The predicted octanol–water partition coefficient (Wildman–Crippen LogP) is -0.292. The molecular weight excluding hydrogens is 218 g/mol. The largest absolute Gasteiger partial charge is 0.368 e. The summed E-state index contributed by atoms with van der Waals surface area (Å²) in [6, 6.07) is -0.385. The molecule has 1 unspecified atom stereocenters. The lowest BCUT2D eigenvalue weighted by Gasteiger charge is -2.36. The minimum absolute atomic E-state index is 0.00921. The Balaban J connectivity index is 2.08. The zero-order chi connectivity index (χ0) is 12.4. The van der Waals surface area contributed by atoms with Crippen LogP contribution in [-0.2, 0) is 9.59 Å². The summed E-state index contributed by atoms with van der Waals surface area (Å²) < 4.78 is 0. The Morgan fingerprint density at radius 2 is 2.06 bits per heavy atom. The normalized spacial score (nSPS) is 33.7. The first-order chi connectivity index (χ1) is 8.11. The van der Waals surface area contributed by atoms with Crippen LogP contribution in [-0.4, -0.2) is 42.4 Å². The molecule has 3 N–H and O–H groups in total. The van der Waals surface area contributed by atoms with Gasteiger partial charge in [0, 0.05) is 13.1 Å². The number of likely N-dealkylation sites (tertiary alicyclic amines) is 1. The molecule has 5 nitrogen and oxygen atoms in total. The molecule has 17 heavy (non-hydrogen) atoms. The number of carbonyl (C=O) groups excluding carboxylic acids is 2. The summed E-state index contributed by atoms with van der Waals surface area (Å²) in [6.07, 6.45) is 2.68. The average Bonchev–Trinajstić information content (AvgIpc) is 2.74. The van der Waals surface area contributed by atoms with Crippen LogP contribution in [0.3, 0.4) is 0 Å². The highest BCUT2D eigenvalue weighted by molar-refractivity contribution is 5.88. The van der Waals surface area contributed by atoms with Gasteiger partial charge in [-0.2, -0.15) is 0 Å². The highest BCUT2D eigenvalue weighted by atomic mass is 16.2. The van der Waals surface area contributed by atoms with Gasteiger partial charge < -0.3 is 16.0 Å². The molecule has 0 aliphatic carbocycles. The fourth-order valence-electron chi connectivity index (χ4n) is 2.84. The van der Waals surface area contributed by atoms with Crippen LogP contribution >= 0.6 is 0 Å². The van der Waals surface area contributed by atoms with Crippen LogP contribution in [0.5, 0.6) is 0 Å². The number of amides is 2. The summed E-state index contributed by atoms with van der Waals surface area (Å²) >= 11 is 0. The van der Waals surface area contributed by atoms with Crippen molar-refractivity contribution in [2.24, 2.45) is 17.6 Å². The molecule has 2 amide bonds. The molecule has 2 rings (SSSR count). The summed E-state index contributed by atoms with van der Waals surface area (Å²) in [7, 11) is 0. The van der Waals surface area contributed by atoms with E-state index in [4.69, 9.17) is 5.73 Å². The Hall–Kier alpha value is -1.10. The Kier molecular flexibility index (Phi) is 3.66. The van der Waals surface area contributed by atoms with Crippen molar-refractivity contribution in [3.8, 4) is 0 Å². The van der Waals surface area contributed by atoms with Crippen LogP contribution in [0.4, 0.5) is 0 Å². The van der Waals surface area contributed by atoms with Gasteiger partial charge in [-0.05, 0) is 31.7 Å². The van der Waals surface area contributed by atoms with Crippen molar-refractivity contribution in [3.63, 3.8) is 0 Å². The van der Waals surface area contributed by atoms with Crippen LogP contribution in [0.15, 0.2) is 0 Å². The van der Waals surface area contributed by atoms with E-state index in [0.29, 0.717) is 12.5 Å². The number of nitrogens with one attached hydrogen (secondary N) is 1. The van der Waals surface area contributed by atoms with Crippen molar-refractivity contribution >= 4 is 11.8 Å². The number of piperidine rings is 1. The Morgan fingerprint density at radius 1 is 1.29 bits per heavy atom. The zero-order valence-electron chi connectivity index (χ0n) is 10.3. The molecule has 2 heterocycles. The maximum absolute atomic E-state index is 12.4. The molecular formula is C12H21N3O2. The molecule has 5 heteroatoms. The van der Waals surface area contributed by atoms with Gasteiger partial charge in [0.1, 0.15) is 6.04 Å². The lowest BCUT2D eigenvalue weighted by molar-refractivity contribution is -0.144. The SMILES string of the molecule is C[C@@H]1CNC[C@H]1C(=O)N1CCCCC1C(N)=O. The van der Waals surface area contributed by atoms with Gasteiger partial charge >= 0.3 is 0 Å². The Labute approximate surface area is 102 Å². The van der Waals surface area contributed by atoms with Crippen molar-refractivity contribution in [1.82, 2.24) is 10.2 Å². The second-order valence-corrected chi connectivity index (χ2v) is 5.19. The van der Waals surface area contributed by atoms with E-state index in [1.54, 1.807) is 4.90 Å². The quantitative estimate of drug-likeness (QED) is 0.695. The predicted molar refractivity (Wildman–Crippen MR) is 64.1 cm³/mol. The summed E-state index contributed by atoms with van der Waals surface area (Å²) in [6.45, 7) is 4.36. The van der Waals surface area contributed by atoms with Crippen molar-refractivity contribution in [2.75, 3.05) is 19.6 Å². The summed E-state index contributed by atoms with van der Waals surface area (Å²) in [4.78, 5) is 25.5. The molecule has 0 spiro atoms. The van der Waals surface area contributed by atoms with Gasteiger partial charge in [-0.1, -0.05) is 6.92 Å². The number of hydrogen-bond donors (Lipinski definition) is 2. The number of nitrogens with two attached hydrogens (primary N) is 1. The van der Waals surface area contributed by atoms with Gasteiger partial charge in [0.25, 0.3) is 0 Å². The first kappa shape index (κ1) is 12.4. The van der Waals surface area contributed by atoms with Gasteiger partial charge in [0.15, 0.2) is 0 Å². The number of hydrogen-bond acceptors (Lipinski definition) is 3. The average molecular weight is 239 g/mol. The zero-order valence-corrected chi connectivity index (χ0v) is 10.3. The first-order valence-corrected chi connectivity index (χ1v) is 6.41. The number of rotatable bonds is 2. The van der Waals surface area contributed by atoms with E-state index in [9.17, 15) is 9.59 Å². The van der Waals surface area contributed by atoms with E-state index >= 15 is 0 Å². The lowest BCUT2D eigenvalue weighted by Crippen LogP contribution is -2.53. The third-order valence-electron chi connectivity index (χ3n) is 3.95. The Bertz CT molecular complexity index is 319. The molecule has 0 saturated carbocycles. The monoisotopic (exact) mass is 239 g/mol. The number of nitrogens with zero attached hydrogens (tertiary/aromatic N) is 1. The second kappa shape index (κ2) is 5.04. The van der Waals surface area contributed by atoms with Crippen LogP contribution in [0, 0.1) is 11.8 Å². The van der Waals surface area contributed by atoms with Crippen molar-refractivity contribution in [1.29, 1.82) is 0 Å². The van der Waals surface area contributed by atoms with Crippen LogP contribution in [0.2, 0.25) is 0 Å². The molecule has 2 aliphatic rings. The van der Waals surface area contributed by atoms with Gasteiger partial charge in [0.2, 0.25) is 11.8 Å². The molecule has 0 aromatic carbocycles. The lowest BCUT2D eigenvalue weighted by atomic mass is 9.93. The highest BCUT2D eigenvalue weighted by Crippen LogP contribution is 2.24. The molecule has 3 atom stereocenters. The molecule has 2 saturated heterocycles. The topological polar surface area (TPSA) is 75.4 Å². The van der Waals surface area contributed by atoms with Gasteiger partial charge in [-0.15, -0.1) is 0 Å². The minimum Gasteiger partial charge on any atom is -0.368 e. The summed E-state index contributed by atoms with van der Waals surface area (Å²) in [5.41, 5.74) is 5.38. The van der Waals surface area contributed by atoms with Gasteiger partial charge in [-0.25, -0.2) is 0 Å². The van der Waals surface area contributed by atoms with Crippen molar-refractivity contribution in [2.45, 2.75) is 32.2 Å². The number of carbonyl (C=O) groups is 2. The third kappa shape index (κ3) is 2.44. The fraction of sp³-hybridized carbons (Fsp3) is 0.833. The standard InChI is InChI=1S/C12H21N3O2/c1-8-6-14-7-9(8)12(17)15-5-3-2-4-10(15)11(13)16/h8-10,14H,2-7H2,1H3,(H2,13,16)/t8-,9-,10?/m1/s1. The second-order valence-electron chi connectivity index (χ2n) is 5.19. The minimum atomic E-state index is -0.385. The molecule has 2 aliphatic heterocycles. The molecule has 2 fully saturated rings. The fourth-order valence-corrected chi connectivity index (χ4v) is 2.84. The molecule has 96 valence electrons. The summed E-state index contributed by atoms with van der Waals surface area (Å²) in [5.74, 6) is 0.0931. The Morgan fingerprint density at radius 3 is 2.65 bits per heavy atom. The molecule has 0 bridgehead atoms. The van der Waals surface area contributed by atoms with Crippen molar-refractivity contribution in [3.05, 3.63) is 0 Å². The van der Waals surface area contributed by atoms with E-state index in [1.807, 2.05) is 0 Å².